The van der Waals surface area contributed by atoms with Crippen molar-refractivity contribution in [2.24, 2.45) is 5.41 Å². The minimum atomic E-state index is -0.509. The molecule has 1 amide bonds. The van der Waals surface area contributed by atoms with E-state index in [9.17, 15) is 9.59 Å². The van der Waals surface area contributed by atoms with Crippen LogP contribution < -0.4 is 5.32 Å². The van der Waals surface area contributed by atoms with Crippen molar-refractivity contribution in [3.8, 4) is 11.1 Å². The third-order valence-electron chi connectivity index (χ3n) is 5.13. The predicted molar refractivity (Wildman–Crippen MR) is 113 cm³/mol. The van der Waals surface area contributed by atoms with Gasteiger partial charge >= 0.3 is 0 Å². The van der Waals surface area contributed by atoms with E-state index in [2.05, 4.69) is 20.4 Å². The molecule has 8 heteroatoms. The minimum Gasteiger partial charge on any atom is -0.356 e. The average molecular weight is 407 g/mol. The summed E-state index contributed by atoms with van der Waals surface area (Å²) in [6, 6.07) is 3.72. The molecule has 1 N–H and O–H groups in total. The van der Waals surface area contributed by atoms with E-state index in [4.69, 9.17) is 4.74 Å². The van der Waals surface area contributed by atoms with Crippen LogP contribution in [0.2, 0.25) is 0 Å². The summed E-state index contributed by atoms with van der Waals surface area (Å²) in [5, 5.41) is 7.99. The van der Waals surface area contributed by atoms with E-state index >= 15 is 0 Å². The summed E-state index contributed by atoms with van der Waals surface area (Å²) in [4.78, 5) is 32.7. The molecule has 1 unspecified atom stereocenters. The highest BCUT2D eigenvalue weighted by Gasteiger charge is 2.23. The summed E-state index contributed by atoms with van der Waals surface area (Å²) in [6.45, 7) is 6.24. The van der Waals surface area contributed by atoms with Gasteiger partial charge in [0.05, 0.1) is 17.3 Å². The van der Waals surface area contributed by atoms with Crippen LogP contribution in [0.25, 0.3) is 22.2 Å². The lowest BCUT2D eigenvalue weighted by Gasteiger charge is -2.23. The second-order valence-electron chi connectivity index (χ2n) is 8.53. The number of carbonyl (C=O) groups is 2. The Balaban J connectivity index is 1.69. The Hall–Kier alpha value is -3.13. The van der Waals surface area contributed by atoms with Crippen LogP contribution in [-0.2, 0) is 9.53 Å². The van der Waals surface area contributed by atoms with Crippen molar-refractivity contribution in [2.75, 3.05) is 11.9 Å². The number of aromatic nitrogens is 4. The first-order valence-electron chi connectivity index (χ1n) is 10.1. The molecular formula is C22H25N5O3. The van der Waals surface area contributed by atoms with Gasteiger partial charge < -0.3 is 10.1 Å². The van der Waals surface area contributed by atoms with Gasteiger partial charge in [-0.3, -0.25) is 14.6 Å². The fourth-order valence-corrected chi connectivity index (χ4v) is 3.39. The van der Waals surface area contributed by atoms with Crippen LogP contribution >= 0.6 is 0 Å². The molecule has 1 atom stereocenters. The van der Waals surface area contributed by atoms with E-state index in [1.807, 2.05) is 32.9 Å². The number of hydrogen-bond donors (Lipinski definition) is 1. The van der Waals surface area contributed by atoms with E-state index in [1.165, 1.54) is 0 Å². The van der Waals surface area contributed by atoms with Gasteiger partial charge in [0.25, 0.3) is 0 Å². The Morgan fingerprint density at radius 3 is 2.70 bits per heavy atom. The first-order valence-corrected chi connectivity index (χ1v) is 10.1. The largest absolute Gasteiger partial charge is 0.356 e. The number of amides is 1. The lowest BCUT2D eigenvalue weighted by molar-refractivity contribution is -0.123. The zero-order valence-electron chi connectivity index (χ0n) is 17.4. The van der Waals surface area contributed by atoms with Crippen molar-refractivity contribution in [2.45, 2.75) is 46.3 Å². The molecule has 156 valence electrons. The molecular weight excluding hydrogens is 382 g/mol. The molecule has 0 aromatic carbocycles. The Morgan fingerprint density at radius 1 is 1.20 bits per heavy atom. The monoisotopic (exact) mass is 407 g/mol. The molecule has 0 spiro atoms. The van der Waals surface area contributed by atoms with Crippen LogP contribution in [0.4, 0.5) is 5.69 Å². The Kier molecular flexibility index (Phi) is 5.34. The second kappa shape index (κ2) is 7.95. The van der Waals surface area contributed by atoms with Gasteiger partial charge in [-0.15, -0.1) is 0 Å². The highest BCUT2D eigenvalue weighted by Crippen LogP contribution is 2.30. The molecule has 3 aromatic heterocycles. The maximum Gasteiger partial charge on any atom is 0.229 e. The summed E-state index contributed by atoms with van der Waals surface area (Å²) < 4.78 is 7.53. The third kappa shape index (κ3) is 3.95. The molecule has 1 aliphatic heterocycles. The van der Waals surface area contributed by atoms with E-state index in [-0.39, 0.29) is 12.1 Å². The Bertz CT molecular complexity index is 1090. The lowest BCUT2D eigenvalue weighted by Crippen LogP contribution is -2.27. The van der Waals surface area contributed by atoms with Gasteiger partial charge in [-0.1, -0.05) is 20.8 Å². The van der Waals surface area contributed by atoms with E-state index in [0.717, 1.165) is 36.7 Å². The van der Waals surface area contributed by atoms with E-state index in [0.29, 0.717) is 29.0 Å². The van der Waals surface area contributed by atoms with Crippen molar-refractivity contribution in [1.82, 2.24) is 19.7 Å². The fourth-order valence-electron chi connectivity index (χ4n) is 3.39. The number of pyridine rings is 2. The van der Waals surface area contributed by atoms with Gasteiger partial charge in [0.2, 0.25) is 5.91 Å². The van der Waals surface area contributed by atoms with Crippen LogP contribution in [0, 0.1) is 5.41 Å². The van der Waals surface area contributed by atoms with Gasteiger partial charge in [0.1, 0.15) is 5.69 Å². The molecule has 0 radical (unpaired) electrons. The maximum atomic E-state index is 12.3. The first-order chi connectivity index (χ1) is 14.4. The highest BCUT2D eigenvalue weighted by molar-refractivity contribution is 5.96. The second-order valence-corrected chi connectivity index (χ2v) is 8.53. The molecule has 30 heavy (non-hydrogen) atoms. The minimum absolute atomic E-state index is 0.0907. The summed E-state index contributed by atoms with van der Waals surface area (Å²) >= 11 is 0. The zero-order valence-corrected chi connectivity index (χ0v) is 17.4. The standard InChI is InChI=1S/C22H25N5O3/c1-22(2,3)21(29)25-16-8-14(10-23-12-16)15-9-17-18(13-28)26-27(20(17)24-11-15)19-6-4-5-7-30-19/h8-13,19H,4-7H2,1-3H3,(H,25,29). The van der Waals surface area contributed by atoms with Crippen LogP contribution in [0.3, 0.4) is 0 Å². The number of hydrogen-bond acceptors (Lipinski definition) is 6. The SMILES string of the molecule is CC(C)(C)C(=O)Nc1cncc(-c2cnc3c(c2)c(C=O)nn3C2CCCCO2)c1. The number of rotatable bonds is 4. The van der Waals surface area contributed by atoms with Crippen molar-refractivity contribution in [3.05, 3.63) is 36.4 Å². The zero-order chi connectivity index (χ0) is 21.3. The molecule has 1 aliphatic rings. The summed E-state index contributed by atoms with van der Waals surface area (Å²) in [6.07, 6.45) is 8.50. The molecule has 4 rings (SSSR count). The number of nitrogens with zero attached hydrogens (tertiary/aromatic N) is 4. The summed E-state index contributed by atoms with van der Waals surface area (Å²) in [7, 11) is 0. The van der Waals surface area contributed by atoms with Gasteiger partial charge in [0.15, 0.2) is 18.2 Å². The predicted octanol–water partition coefficient (Wildman–Crippen LogP) is 3.99. The smallest absolute Gasteiger partial charge is 0.229 e. The first kappa shape index (κ1) is 20.2. The molecule has 0 aliphatic carbocycles. The molecule has 0 bridgehead atoms. The van der Waals surface area contributed by atoms with Crippen LogP contribution in [0.15, 0.2) is 30.7 Å². The van der Waals surface area contributed by atoms with E-state index in [1.54, 1.807) is 23.3 Å². The Morgan fingerprint density at radius 2 is 2.00 bits per heavy atom. The van der Waals surface area contributed by atoms with Gasteiger partial charge in [-0.05, 0) is 31.4 Å². The van der Waals surface area contributed by atoms with Crippen molar-refractivity contribution in [1.29, 1.82) is 0 Å². The average Bonchev–Trinajstić information content (AvgIpc) is 3.12. The van der Waals surface area contributed by atoms with Gasteiger partial charge in [-0.2, -0.15) is 5.10 Å². The number of anilines is 1. The van der Waals surface area contributed by atoms with Crippen LogP contribution in [-0.4, -0.2) is 38.5 Å². The number of carbonyl (C=O) groups excluding carboxylic acids is 2. The molecule has 4 heterocycles. The van der Waals surface area contributed by atoms with Gasteiger partial charge in [0, 0.05) is 35.5 Å². The number of ether oxygens (including phenoxy) is 1. The normalized spacial score (nSPS) is 17.1. The quantitative estimate of drug-likeness (QED) is 0.657. The molecule has 1 fully saturated rings. The number of fused-ring (bicyclic) bond motifs is 1. The lowest BCUT2D eigenvalue weighted by atomic mass is 9.95. The summed E-state index contributed by atoms with van der Waals surface area (Å²) in [5.74, 6) is -0.0907. The molecule has 0 saturated carbocycles. The molecule has 8 nitrogen and oxygen atoms in total. The van der Waals surface area contributed by atoms with E-state index < -0.39 is 5.41 Å². The van der Waals surface area contributed by atoms with Crippen molar-refractivity contribution >= 4 is 28.9 Å². The number of aldehydes is 1. The third-order valence-corrected chi connectivity index (χ3v) is 5.13. The topological polar surface area (TPSA) is 99.0 Å². The Labute approximate surface area is 174 Å². The van der Waals surface area contributed by atoms with Crippen molar-refractivity contribution in [3.63, 3.8) is 0 Å². The maximum absolute atomic E-state index is 12.3. The highest BCUT2D eigenvalue weighted by atomic mass is 16.5. The van der Waals surface area contributed by atoms with Crippen LogP contribution in [0.5, 0.6) is 0 Å². The summed E-state index contributed by atoms with van der Waals surface area (Å²) in [5.41, 5.74) is 2.63. The fraction of sp³-hybridized carbons (Fsp3) is 0.409. The van der Waals surface area contributed by atoms with Gasteiger partial charge in [-0.25, -0.2) is 9.67 Å². The molecule has 3 aromatic rings. The van der Waals surface area contributed by atoms with Crippen molar-refractivity contribution < 1.29 is 14.3 Å². The molecule has 1 saturated heterocycles. The van der Waals surface area contributed by atoms with Crippen LogP contribution in [0.1, 0.15) is 56.8 Å². The number of nitrogens with one attached hydrogen (secondary N) is 1.